The number of rotatable bonds is 1. The van der Waals surface area contributed by atoms with Gasteiger partial charge in [-0.1, -0.05) is 0 Å². The van der Waals surface area contributed by atoms with Crippen molar-refractivity contribution in [2.75, 3.05) is 13.1 Å². The van der Waals surface area contributed by atoms with E-state index in [4.69, 9.17) is 10.00 Å². The summed E-state index contributed by atoms with van der Waals surface area (Å²) in [5.41, 5.74) is 0. The molecule has 1 aliphatic rings. The van der Waals surface area contributed by atoms with Gasteiger partial charge in [0, 0.05) is 6.54 Å². The lowest BCUT2D eigenvalue weighted by atomic mass is 10.2. The van der Waals surface area contributed by atoms with Gasteiger partial charge < -0.3 is 9.64 Å². The number of morpholine rings is 1. The van der Waals surface area contributed by atoms with Crippen molar-refractivity contribution < 1.29 is 9.53 Å². The zero-order valence-electron chi connectivity index (χ0n) is 7.28. The predicted molar refractivity (Wildman–Crippen MR) is 42.2 cm³/mol. The highest BCUT2D eigenvalue weighted by Crippen LogP contribution is 2.11. The summed E-state index contributed by atoms with van der Waals surface area (Å²) in [4.78, 5) is 12.8. The molecule has 1 aliphatic heterocycles. The fraction of sp³-hybridized carbons (Fsp3) is 0.750. The van der Waals surface area contributed by atoms with Gasteiger partial charge in [0.1, 0.15) is 12.6 Å². The van der Waals surface area contributed by atoms with Crippen LogP contribution in [-0.2, 0) is 9.53 Å². The van der Waals surface area contributed by atoms with Crippen LogP contribution in [0.2, 0.25) is 0 Å². The molecule has 4 nitrogen and oxygen atoms in total. The van der Waals surface area contributed by atoms with Gasteiger partial charge in [-0.2, -0.15) is 5.26 Å². The van der Waals surface area contributed by atoms with Gasteiger partial charge in [0.05, 0.1) is 12.2 Å². The Balaban J connectivity index is 2.61. The average Bonchev–Trinajstić information content (AvgIpc) is 2.00. The van der Waals surface area contributed by atoms with E-state index in [9.17, 15) is 4.79 Å². The Morgan fingerprint density at radius 3 is 3.00 bits per heavy atom. The van der Waals surface area contributed by atoms with E-state index in [1.54, 1.807) is 6.92 Å². The van der Waals surface area contributed by atoms with Crippen molar-refractivity contribution in [1.82, 2.24) is 4.90 Å². The van der Waals surface area contributed by atoms with Crippen LogP contribution >= 0.6 is 0 Å². The summed E-state index contributed by atoms with van der Waals surface area (Å²) in [6, 6.07) is 1.96. The first-order valence-electron chi connectivity index (χ1n) is 3.96. The average molecular weight is 168 g/mol. The maximum atomic E-state index is 11.3. The van der Waals surface area contributed by atoms with Crippen LogP contribution in [0.15, 0.2) is 0 Å². The number of hydrogen-bond acceptors (Lipinski definition) is 3. The summed E-state index contributed by atoms with van der Waals surface area (Å²) in [6.45, 7) is 4.29. The predicted octanol–water partition coefficient (Wildman–Crippen LogP) is 0.146. The second-order valence-electron chi connectivity index (χ2n) is 2.97. The number of hydrogen-bond donors (Lipinski definition) is 0. The first kappa shape index (κ1) is 9.01. The van der Waals surface area contributed by atoms with Crippen molar-refractivity contribution in [3.63, 3.8) is 0 Å². The number of ether oxygens (including phenoxy) is 1. The lowest BCUT2D eigenvalue weighted by Crippen LogP contribution is -2.49. The molecule has 2 unspecified atom stereocenters. The molecule has 0 aromatic rings. The minimum atomic E-state index is -0.401. The molecule has 0 aromatic heterocycles. The SMILES string of the molecule is CC1CN(CC#N)C(=O)C(C)O1. The van der Waals surface area contributed by atoms with Gasteiger partial charge >= 0.3 is 0 Å². The molecule has 4 heteroatoms. The van der Waals surface area contributed by atoms with Gasteiger partial charge in [0.15, 0.2) is 0 Å². The van der Waals surface area contributed by atoms with E-state index in [0.29, 0.717) is 6.54 Å². The van der Waals surface area contributed by atoms with Gasteiger partial charge in [-0.15, -0.1) is 0 Å². The van der Waals surface area contributed by atoms with Crippen LogP contribution < -0.4 is 0 Å². The first-order valence-corrected chi connectivity index (χ1v) is 3.96. The van der Waals surface area contributed by atoms with E-state index < -0.39 is 6.10 Å². The van der Waals surface area contributed by atoms with Gasteiger partial charge in [0.25, 0.3) is 5.91 Å². The summed E-state index contributed by atoms with van der Waals surface area (Å²) in [7, 11) is 0. The molecule has 1 saturated heterocycles. The third-order valence-corrected chi connectivity index (χ3v) is 1.83. The molecule has 1 amide bonds. The van der Waals surface area contributed by atoms with Gasteiger partial charge in [-0.05, 0) is 13.8 Å². The highest BCUT2D eigenvalue weighted by Gasteiger charge is 2.29. The van der Waals surface area contributed by atoms with Crippen LogP contribution in [0.4, 0.5) is 0 Å². The molecule has 66 valence electrons. The van der Waals surface area contributed by atoms with Crippen molar-refractivity contribution in [3.8, 4) is 6.07 Å². The van der Waals surface area contributed by atoms with Crippen molar-refractivity contribution in [2.24, 2.45) is 0 Å². The molecular weight excluding hydrogens is 156 g/mol. The topological polar surface area (TPSA) is 53.3 Å². The zero-order valence-corrected chi connectivity index (χ0v) is 7.28. The second-order valence-corrected chi connectivity index (χ2v) is 2.97. The van der Waals surface area contributed by atoms with Crippen LogP contribution in [0.25, 0.3) is 0 Å². The number of nitrogens with zero attached hydrogens (tertiary/aromatic N) is 2. The van der Waals surface area contributed by atoms with Gasteiger partial charge in [-0.3, -0.25) is 4.79 Å². The Morgan fingerprint density at radius 2 is 2.42 bits per heavy atom. The molecular formula is C8H12N2O2. The summed E-state index contributed by atoms with van der Waals surface area (Å²) in [6.07, 6.45) is -0.367. The molecule has 0 bridgehead atoms. The van der Waals surface area contributed by atoms with Crippen LogP contribution in [0.5, 0.6) is 0 Å². The Morgan fingerprint density at radius 1 is 1.75 bits per heavy atom. The molecule has 1 rings (SSSR count). The van der Waals surface area contributed by atoms with Crippen molar-refractivity contribution >= 4 is 5.91 Å². The standard InChI is InChI=1S/C8H12N2O2/c1-6-5-10(4-3-9)8(11)7(2)12-6/h6-7H,4-5H2,1-2H3. The smallest absolute Gasteiger partial charge is 0.252 e. The maximum Gasteiger partial charge on any atom is 0.252 e. The van der Waals surface area contributed by atoms with E-state index in [1.165, 1.54) is 4.90 Å². The zero-order chi connectivity index (χ0) is 9.14. The number of carbonyl (C=O) groups is 1. The minimum absolute atomic E-state index is 0.0334. The molecule has 0 aliphatic carbocycles. The largest absolute Gasteiger partial charge is 0.364 e. The van der Waals surface area contributed by atoms with Crippen molar-refractivity contribution in [1.29, 1.82) is 5.26 Å². The van der Waals surface area contributed by atoms with E-state index >= 15 is 0 Å². The highest BCUT2D eigenvalue weighted by atomic mass is 16.5. The monoisotopic (exact) mass is 168 g/mol. The Kier molecular flexibility index (Phi) is 2.66. The Bertz CT molecular complexity index is 222. The van der Waals surface area contributed by atoms with Gasteiger partial charge in [0.2, 0.25) is 0 Å². The summed E-state index contributed by atoms with van der Waals surface area (Å²) in [5.74, 6) is -0.0883. The van der Waals surface area contributed by atoms with E-state index in [0.717, 1.165) is 0 Å². The van der Waals surface area contributed by atoms with Crippen molar-refractivity contribution in [3.05, 3.63) is 0 Å². The molecule has 0 radical (unpaired) electrons. The normalized spacial score (nSPS) is 30.1. The van der Waals surface area contributed by atoms with Gasteiger partial charge in [-0.25, -0.2) is 0 Å². The minimum Gasteiger partial charge on any atom is -0.364 e. The van der Waals surface area contributed by atoms with Crippen LogP contribution in [0, 0.1) is 11.3 Å². The summed E-state index contributed by atoms with van der Waals surface area (Å²) < 4.78 is 5.27. The molecule has 0 spiro atoms. The molecule has 12 heavy (non-hydrogen) atoms. The quantitative estimate of drug-likeness (QED) is 0.523. The fourth-order valence-electron chi connectivity index (χ4n) is 1.33. The Labute approximate surface area is 71.7 Å². The van der Waals surface area contributed by atoms with Crippen LogP contribution in [0.3, 0.4) is 0 Å². The highest BCUT2D eigenvalue weighted by molar-refractivity contribution is 5.81. The number of amides is 1. The summed E-state index contributed by atoms with van der Waals surface area (Å²) in [5, 5.41) is 8.42. The number of carbonyl (C=O) groups excluding carboxylic acids is 1. The molecule has 0 N–H and O–H groups in total. The van der Waals surface area contributed by atoms with E-state index in [1.807, 2.05) is 13.0 Å². The third kappa shape index (κ3) is 1.74. The molecule has 0 saturated carbocycles. The third-order valence-electron chi connectivity index (χ3n) is 1.83. The Hall–Kier alpha value is -1.08. The maximum absolute atomic E-state index is 11.3. The van der Waals surface area contributed by atoms with Crippen LogP contribution in [0.1, 0.15) is 13.8 Å². The second kappa shape index (κ2) is 3.55. The lowest BCUT2D eigenvalue weighted by Gasteiger charge is -2.33. The molecule has 1 heterocycles. The van der Waals surface area contributed by atoms with Crippen molar-refractivity contribution in [2.45, 2.75) is 26.1 Å². The lowest BCUT2D eigenvalue weighted by molar-refractivity contribution is -0.157. The van der Waals surface area contributed by atoms with E-state index in [-0.39, 0.29) is 18.6 Å². The van der Waals surface area contributed by atoms with E-state index in [2.05, 4.69) is 0 Å². The molecule has 1 fully saturated rings. The summed E-state index contributed by atoms with van der Waals surface area (Å²) >= 11 is 0. The fourth-order valence-corrected chi connectivity index (χ4v) is 1.33. The van der Waals surface area contributed by atoms with Crippen LogP contribution in [-0.4, -0.2) is 36.1 Å². The molecule has 0 aromatic carbocycles. The number of nitriles is 1. The first-order chi connectivity index (χ1) is 5.65. The molecule has 2 atom stereocenters.